The van der Waals surface area contributed by atoms with Crippen LogP contribution in [0.25, 0.3) is 0 Å². The van der Waals surface area contributed by atoms with Crippen LogP contribution in [-0.4, -0.2) is 24.5 Å². The molecule has 0 bridgehead atoms. The fourth-order valence-corrected chi connectivity index (χ4v) is 2.20. The van der Waals surface area contributed by atoms with Gasteiger partial charge in [-0.3, -0.25) is 9.59 Å². The molecule has 0 aromatic heterocycles. The summed E-state index contributed by atoms with van der Waals surface area (Å²) in [5.74, 6) is 0.802. The molecule has 0 heterocycles. The van der Waals surface area contributed by atoms with Crippen LogP contribution in [0.2, 0.25) is 0 Å². The van der Waals surface area contributed by atoms with Crippen LogP contribution in [-0.2, 0) is 14.3 Å². The maximum absolute atomic E-state index is 11.7. The second-order valence-electron chi connectivity index (χ2n) is 5.69. The summed E-state index contributed by atoms with van der Waals surface area (Å²) in [6, 6.07) is 0.333. The minimum absolute atomic E-state index is 0.125. The van der Waals surface area contributed by atoms with Crippen molar-refractivity contribution in [3.05, 3.63) is 0 Å². The molecule has 2 aliphatic carbocycles. The molecule has 2 fully saturated rings. The third-order valence-electron chi connectivity index (χ3n) is 3.95. The number of carbonyl (C=O) groups excluding carboxylic acids is 2. The Morgan fingerprint density at radius 2 is 1.78 bits per heavy atom. The van der Waals surface area contributed by atoms with Gasteiger partial charge in [-0.1, -0.05) is 13.8 Å². The van der Waals surface area contributed by atoms with Gasteiger partial charge >= 0.3 is 5.97 Å². The van der Waals surface area contributed by atoms with E-state index in [9.17, 15) is 9.59 Å². The molecule has 18 heavy (non-hydrogen) atoms. The first-order chi connectivity index (χ1) is 8.61. The van der Waals surface area contributed by atoms with Crippen LogP contribution >= 0.6 is 0 Å². The van der Waals surface area contributed by atoms with Crippen molar-refractivity contribution >= 4 is 11.9 Å². The van der Waals surface area contributed by atoms with E-state index in [2.05, 4.69) is 5.32 Å². The molecule has 0 aromatic carbocycles. The highest BCUT2D eigenvalue weighted by atomic mass is 16.5. The topological polar surface area (TPSA) is 55.4 Å². The molecule has 4 heteroatoms. The Morgan fingerprint density at radius 3 is 2.22 bits per heavy atom. The predicted molar refractivity (Wildman–Crippen MR) is 67.8 cm³/mol. The highest BCUT2D eigenvalue weighted by Crippen LogP contribution is 2.44. The lowest BCUT2D eigenvalue weighted by molar-refractivity contribution is -0.152. The molecule has 4 nitrogen and oxygen atoms in total. The molecular formula is C14H23NO3. The van der Waals surface area contributed by atoms with E-state index in [0.29, 0.717) is 17.9 Å². The summed E-state index contributed by atoms with van der Waals surface area (Å²) in [5.41, 5.74) is 0. The monoisotopic (exact) mass is 253 g/mol. The molecule has 0 aromatic rings. The first-order valence-electron chi connectivity index (χ1n) is 7.07. The molecule has 2 aliphatic rings. The summed E-state index contributed by atoms with van der Waals surface area (Å²) in [5, 5.41) is 3.04. The van der Waals surface area contributed by atoms with E-state index in [1.54, 1.807) is 0 Å². The van der Waals surface area contributed by atoms with Crippen molar-refractivity contribution in [2.24, 2.45) is 17.8 Å². The zero-order valence-corrected chi connectivity index (χ0v) is 11.3. The average Bonchev–Trinajstić information content (AvgIpc) is 3.23. The number of rotatable bonds is 7. The highest BCUT2D eigenvalue weighted by Gasteiger charge is 2.42. The Kier molecular flexibility index (Phi) is 4.25. The van der Waals surface area contributed by atoms with E-state index in [-0.39, 0.29) is 24.4 Å². The molecule has 2 saturated carbocycles. The van der Waals surface area contributed by atoms with E-state index in [4.69, 9.17) is 4.74 Å². The summed E-state index contributed by atoms with van der Waals surface area (Å²) in [6.07, 6.45) is 5.66. The third kappa shape index (κ3) is 3.72. The Hall–Kier alpha value is -1.06. The van der Waals surface area contributed by atoms with Crippen LogP contribution in [0.3, 0.4) is 0 Å². The van der Waals surface area contributed by atoms with E-state index < -0.39 is 0 Å². The number of hydrogen-bond acceptors (Lipinski definition) is 3. The molecule has 0 saturated heterocycles. The van der Waals surface area contributed by atoms with Gasteiger partial charge in [0.25, 0.3) is 5.91 Å². The molecule has 1 N–H and O–H groups in total. The summed E-state index contributed by atoms with van der Waals surface area (Å²) in [6.45, 7) is 3.62. The number of carbonyl (C=O) groups is 2. The Bertz CT molecular complexity index is 309. The molecule has 0 spiro atoms. The Balaban J connectivity index is 1.69. The van der Waals surface area contributed by atoms with Gasteiger partial charge in [0, 0.05) is 6.04 Å². The van der Waals surface area contributed by atoms with E-state index >= 15 is 0 Å². The molecule has 2 rings (SSSR count). The number of amides is 1. The number of ether oxygens (including phenoxy) is 1. The zero-order chi connectivity index (χ0) is 13.1. The smallest absolute Gasteiger partial charge is 0.309 e. The van der Waals surface area contributed by atoms with Gasteiger partial charge in [0.2, 0.25) is 0 Å². The standard InChI is InChI=1S/C14H23NO3/c1-3-9(2)14(17)18-8-12(16)15-13(10-4-5-10)11-6-7-11/h9-11,13H,3-8H2,1-2H3,(H,15,16). The van der Waals surface area contributed by atoms with E-state index in [1.165, 1.54) is 25.7 Å². The van der Waals surface area contributed by atoms with Crippen LogP contribution in [0.15, 0.2) is 0 Å². The second-order valence-corrected chi connectivity index (χ2v) is 5.69. The first-order valence-corrected chi connectivity index (χ1v) is 7.07. The van der Waals surface area contributed by atoms with Gasteiger partial charge in [-0.05, 0) is 43.9 Å². The fourth-order valence-electron chi connectivity index (χ4n) is 2.20. The maximum Gasteiger partial charge on any atom is 0.309 e. The van der Waals surface area contributed by atoms with Crippen molar-refractivity contribution in [3.63, 3.8) is 0 Å². The Morgan fingerprint density at radius 1 is 1.22 bits per heavy atom. The fraction of sp³-hybridized carbons (Fsp3) is 0.857. The summed E-state index contributed by atoms with van der Waals surface area (Å²) in [4.78, 5) is 23.2. The highest BCUT2D eigenvalue weighted by molar-refractivity contribution is 5.81. The molecule has 0 radical (unpaired) electrons. The van der Waals surface area contributed by atoms with Crippen molar-refractivity contribution in [1.29, 1.82) is 0 Å². The number of nitrogens with one attached hydrogen (secondary N) is 1. The minimum Gasteiger partial charge on any atom is -0.455 e. The number of hydrogen-bond donors (Lipinski definition) is 1. The van der Waals surface area contributed by atoms with E-state index in [0.717, 1.165) is 6.42 Å². The SMILES string of the molecule is CCC(C)C(=O)OCC(=O)NC(C1CC1)C1CC1. The van der Waals surface area contributed by atoms with Gasteiger partial charge in [0.1, 0.15) is 0 Å². The Labute approximate surface area is 108 Å². The van der Waals surface area contributed by atoms with Crippen molar-refractivity contribution in [2.45, 2.75) is 52.0 Å². The van der Waals surface area contributed by atoms with Gasteiger partial charge in [0.15, 0.2) is 6.61 Å². The number of esters is 1. The van der Waals surface area contributed by atoms with Crippen LogP contribution in [0.5, 0.6) is 0 Å². The lowest BCUT2D eigenvalue weighted by Gasteiger charge is -2.17. The zero-order valence-electron chi connectivity index (χ0n) is 11.3. The van der Waals surface area contributed by atoms with Gasteiger partial charge in [-0.25, -0.2) is 0 Å². The van der Waals surface area contributed by atoms with Crippen LogP contribution in [0.4, 0.5) is 0 Å². The molecule has 102 valence electrons. The lowest BCUT2D eigenvalue weighted by Crippen LogP contribution is -2.40. The summed E-state index contributed by atoms with van der Waals surface area (Å²) in [7, 11) is 0. The molecule has 0 aliphatic heterocycles. The van der Waals surface area contributed by atoms with E-state index in [1.807, 2.05) is 13.8 Å². The summed E-state index contributed by atoms with van der Waals surface area (Å²) < 4.78 is 5.01. The lowest BCUT2D eigenvalue weighted by atomic mass is 10.1. The van der Waals surface area contributed by atoms with Crippen LogP contribution < -0.4 is 5.32 Å². The van der Waals surface area contributed by atoms with Gasteiger partial charge in [-0.15, -0.1) is 0 Å². The molecular weight excluding hydrogens is 230 g/mol. The third-order valence-corrected chi connectivity index (χ3v) is 3.95. The van der Waals surface area contributed by atoms with Crippen molar-refractivity contribution in [3.8, 4) is 0 Å². The largest absolute Gasteiger partial charge is 0.455 e. The molecule has 1 amide bonds. The van der Waals surface area contributed by atoms with Crippen LogP contribution in [0, 0.1) is 17.8 Å². The van der Waals surface area contributed by atoms with Crippen molar-refractivity contribution in [1.82, 2.24) is 5.32 Å². The van der Waals surface area contributed by atoms with Gasteiger partial charge in [-0.2, -0.15) is 0 Å². The normalized spacial score (nSPS) is 20.6. The first kappa shape index (κ1) is 13.4. The molecule has 1 atom stereocenters. The predicted octanol–water partition coefficient (Wildman–Crippen LogP) is 1.88. The van der Waals surface area contributed by atoms with Gasteiger partial charge < -0.3 is 10.1 Å². The minimum atomic E-state index is -0.276. The average molecular weight is 253 g/mol. The maximum atomic E-state index is 11.7. The van der Waals surface area contributed by atoms with Crippen molar-refractivity contribution < 1.29 is 14.3 Å². The van der Waals surface area contributed by atoms with Crippen LogP contribution in [0.1, 0.15) is 46.0 Å². The second kappa shape index (κ2) is 5.72. The van der Waals surface area contributed by atoms with Gasteiger partial charge in [0.05, 0.1) is 5.92 Å². The van der Waals surface area contributed by atoms with Crippen molar-refractivity contribution in [2.75, 3.05) is 6.61 Å². The quantitative estimate of drug-likeness (QED) is 0.705. The summed E-state index contributed by atoms with van der Waals surface area (Å²) >= 11 is 0. The molecule has 1 unspecified atom stereocenters.